The number of anilines is 2. The molecule has 0 aliphatic carbocycles. The fourth-order valence-corrected chi connectivity index (χ4v) is 2.14. The highest BCUT2D eigenvalue weighted by Crippen LogP contribution is 2.31. The Balaban J connectivity index is 2.75. The maximum absolute atomic E-state index is 6.25. The maximum Gasteiger partial charge on any atom is 0.0790 e. The molecule has 0 aliphatic heterocycles. The molecule has 0 saturated carbocycles. The Hall–Kier alpha value is -0.970. The maximum atomic E-state index is 6.25. The van der Waals surface area contributed by atoms with Gasteiger partial charge in [0.1, 0.15) is 0 Å². The number of hydrogen-bond acceptors (Lipinski definition) is 4. The first kappa shape index (κ1) is 16.1. The van der Waals surface area contributed by atoms with Crippen LogP contribution in [0.5, 0.6) is 0 Å². The summed E-state index contributed by atoms with van der Waals surface area (Å²) >= 11 is 6.25. The number of nitrogens with two attached hydrogens (primary N) is 1. The molecule has 0 fully saturated rings. The lowest BCUT2D eigenvalue weighted by molar-refractivity contribution is 0.141. The summed E-state index contributed by atoms with van der Waals surface area (Å²) in [5, 5.41) is 0.660. The zero-order chi connectivity index (χ0) is 14.1. The van der Waals surface area contributed by atoms with E-state index in [1.807, 2.05) is 32.0 Å². The van der Waals surface area contributed by atoms with Gasteiger partial charge in [0.15, 0.2) is 0 Å². The Morgan fingerprint density at radius 2 is 1.68 bits per heavy atom. The van der Waals surface area contributed by atoms with E-state index in [2.05, 4.69) is 4.90 Å². The number of rotatable bonds is 9. The summed E-state index contributed by atoms with van der Waals surface area (Å²) in [6.07, 6.45) is 0. The highest BCUT2D eigenvalue weighted by Gasteiger charge is 2.13. The quantitative estimate of drug-likeness (QED) is 0.560. The van der Waals surface area contributed by atoms with Gasteiger partial charge in [-0.2, -0.15) is 0 Å². The Labute approximate surface area is 120 Å². The van der Waals surface area contributed by atoms with Crippen LogP contribution in [0.2, 0.25) is 5.02 Å². The fraction of sp³-hybridized carbons (Fsp3) is 0.571. The van der Waals surface area contributed by atoms with Gasteiger partial charge in [0.25, 0.3) is 0 Å². The fourth-order valence-electron chi connectivity index (χ4n) is 1.84. The average molecular weight is 287 g/mol. The molecule has 5 heteroatoms. The first-order valence-corrected chi connectivity index (χ1v) is 7.02. The lowest BCUT2D eigenvalue weighted by atomic mass is 10.2. The minimum Gasteiger partial charge on any atom is -0.397 e. The zero-order valence-electron chi connectivity index (χ0n) is 11.7. The van der Waals surface area contributed by atoms with Gasteiger partial charge in [-0.1, -0.05) is 17.7 Å². The van der Waals surface area contributed by atoms with Gasteiger partial charge < -0.3 is 20.1 Å². The van der Waals surface area contributed by atoms with Crippen LogP contribution in [0.15, 0.2) is 18.2 Å². The number of benzene rings is 1. The molecule has 19 heavy (non-hydrogen) atoms. The zero-order valence-corrected chi connectivity index (χ0v) is 12.4. The highest BCUT2D eigenvalue weighted by atomic mass is 35.5. The summed E-state index contributed by atoms with van der Waals surface area (Å²) in [5.74, 6) is 0. The van der Waals surface area contributed by atoms with Crippen molar-refractivity contribution in [3.05, 3.63) is 23.2 Å². The van der Waals surface area contributed by atoms with Crippen LogP contribution in [0.25, 0.3) is 0 Å². The minimum atomic E-state index is 0.646. The monoisotopic (exact) mass is 286 g/mol. The van der Waals surface area contributed by atoms with Gasteiger partial charge in [-0.3, -0.25) is 0 Å². The van der Waals surface area contributed by atoms with Crippen molar-refractivity contribution in [2.75, 3.05) is 50.2 Å². The first-order valence-electron chi connectivity index (χ1n) is 6.65. The van der Waals surface area contributed by atoms with Crippen LogP contribution in [-0.4, -0.2) is 39.5 Å². The minimum absolute atomic E-state index is 0.646. The Morgan fingerprint density at radius 1 is 1.11 bits per heavy atom. The topological polar surface area (TPSA) is 47.7 Å². The molecule has 0 aromatic heterocycles. The third-order valence-corrected chi connectivity index (χ3v) is 3.06. The van der Waals surface area contributed by atoms with E-state index in [4.69, 9.17) is 26.8 Å². The normalized spacial score (nSPS) is 10.7. The molecule has 1 rings (SSSR count). The van der Waals surface area contributed by atoms with Crippen LogP contribution in [0, 0.1) is 0 Å². The Bertz CT molecular complexity index is 344. The smallest absolute Gasteiger partial charge is 0.0790 e. The van der Waals surface area contributed by atoms with E-state index in [1.54, 1.807) is 0 Å². The largest absolute Gasteiger partial charge is 0.397 e. The third kappa shape index (κ3) is 5.27. The summed E-state index contributed by atoms with van der Waals surface area (Å²) in [5.41, 5.74) is 7.57. The summed E-state index contributed by atoms with van der Waals surface area (Å²) < 4.78 is 10.8. The molecule has 0 amide bonds. The van der Waals surface area contributed by atoms with Crippen LogP contribution in [0.4, 0.5) is 11.4 Å². The van der Waals surface area contributed by atoms with Gasteiger partial charge >= 0.3 is 0 Å². The van der Waals surface area contributed by atoms with Crippen molar-refractivity contribution in [1.82, 2.24) is 0 Å². The van der Waals surface area contributed by atoms with Crippen molar-refractivity contribution in [3.8, 4) is 0 Å². The lowest BCUT2D eigenvalue weighted by Crippen LogP contribution is -2.32. The molecule has 0 radical (unpaired) electrons. The number of para-hydroxylation sites is 1. The van der Waals surface area contributed by atoms with Gasteiger partial charge in [-0.15, -0.1) is 0 Å². The molecular formula is C14H23ClN2O2. The van der Waals surface area contributed by atoms with Gasteiger partial charge in [0.05, 0.1) is 29.6 Å². The van der Waals surface area contributed by atoms with Crippen LogP contribution in [0.1, 0.15) is 13.8 Å². The van der Waals surface area contributed by atoms with E-state index in [0.29, 0.717) is 37.1 Å². The molecule has 0 heterocycles. The molecule has 108 valence electrons. The number of nitrogen functional groups attached to an aromatic ring is 1. The number of hydrogen-bond donors (Lipinski definition) is 1. The molecule has 0 spiro atoms. The molecule has 0 unspecified atom stereocenters. The molecule has 0 atom stereocenters. The summed E-state index contributed by atoms with van der Waals surface area (Å²) in [7, 11) is 0. The number of nitrogens with zero attached hydrogens (tertiary/aromatic N) is 1. The van der Waals surface area contributed by atoms with Crippen LogP contribution < -0.4 is 10.6 Å². The predicted molar refractivity (Wildman–Crippen MR) is 81.1 cm³/mol. The van der Waals surface area contributed by atoms with E-state index in [1.165, 1.54) is 0 Å². The molecule has 4 nitrogen and oxygen atoms in total. The Morgan fingerprint density at radius 3 is 2.16 bits per heavy atom. The van der Waals surface area contributed by atoms with Crippen molar-refractivity contribution >= 4 is 23.0 Å². The summed E-state index contributed by atoms with van der Waals surface area (Å²) in [4.78, 5) is 2.11. The number of ether oxygens (including phenoxy) is 2. The van der Waals surface area contributed by atoms with Gasteiger partial charge in [0.2, 0.25) is 0 Å². The van der Waals surface area contributed by atoms with Gasteiger partial charge in [0, 0.05) is 26.3 Å². The second-order valence-electron chi connectivity index (χ2n) is 4.06. The molecule has 1 aromatic carbocycles. The highest BCUT2D eigenvalue weighted by molar-refractivity contribution is 6.34. The average Bonchev–Trinajstić information content (AvgIpc) is 2.38. The molecule has 1 aromatic rings. The lowest BCUT2D eigenvalue weighted by Gasteiger charge is -2.27. The first-order chi connectivity index (χ1) is 9.20. The van der Waals surface area contributed by atoms with E-state index >= 15 is 0 Å². The molecular weight excluding hydrogens is 264 g/mol. The van der Waals surface area contributed by atoms with E-state index in [0.717, 1.165) is 18.8 Å². The Kier molecular flexibility index (Phi) is 7.63. The van der Waals surface area contributed by atoms with Crippen molar-refractivity contribution in [3.63, 3.8) is 0 Å². The third-order valence-electron chi connectivity index (χ3n) is 2.75. The van der Waals surface area contributed by atoms with E-state index in [-0.39, 0.29) is 0 Å². The van der Waals surface area contributed by atoms with Crippen LogP contribution in [0.3, 0.4) is 0 Å². The number of halogens is 1. The van der Waals surface area contributed by atoms with Crippen molar-refractivity contribution in [1.29, 1.82) is 0 Å². The standard InChI is InChI=1S/C14H23ClN2O2/c1-3-18-10-8-17(9-11-19-4-2)14-12(15)6-5-7-13(14)16/h5-7H,3-4,8-11,16H2,1-2H3. The summed E-state index contributed by atoms with van der Waals surface area (Å²) in [6, 6.07) is 5.56. The molecule has 0 saturated heterocycles. The van der Waals surface area contributed by atoms with Crippen LogP contribution >= 0.6 is 11.6 Å². The van der Waals surface area contributed by atoms with Gasteiger partial charge in [-0.25, -0.2) is 0 Å². The van der Waals surface area contributed by atoms with Crippen molar-refractivity contribution < 1.29 is 9.47 Å². The second kappa shape index (κ2) is 9.02. The van der Waals surface area contributed by atoms with Crippen molar-refractivity contribution in [2.45, 2.75) is 13.8 Å². The van der Waals surface area contributed by atoms with Crippen molar-refractivity contribution in [2.24, 2.45) is 0 Å². The van der Waals surface area contributed by atoms with Crippen LogP contribution in [-0.2, 0) is 9.47 Å². The van der Waals surface area contributed by atoms with E-state index < -0.39 is 0 Å². The summed E-state index contributed by atoms with van der Waals surface area (Å²) in [6.45, 7) is 8.15. The van der Waals surface area contributed by atoms with Gasteiger partial charge in [-0.05, 0) is 26.0 Å². The molecule has 0 aliphatic rings. The second-order valence-corrected chi connectivity index (χ2v) is 4.47. The SMILES string of the molecule is CCOCCN(CCOCC)c1c(N)cccc1Cl. The predicted octanol–water partition coefficient (Wildman–Crippen LogP) is 2.80. The molecule has 2 N–H and O–H groups in total. The van der Waals surface area contributed by atoms with E-state index in [9.17, 15) is 0 Å². The molecule has 0 bridgehead atoms.